The SMILES string of the molecule is NCCc1ccc(Br)cc1N1CCc2ccccc2C1. The Morgan fingerprint density at radius 1 is 1.10 bits per heavy atom. The third-order valence-corrected chi connectivity index (χ3v) is 4.43. The standard InChI is InChI=1S/C17H19BrN2/c18-16-6-5-14(7-9-19)17(11-16)20-10-8-13-3-1-2-4-15(13)12-20/h1-6,11H,7-10,12,19H2. The molecule has 0 spiro atoms. The molecule has 0 unspecified atom stereocenters. The van der Waals surface area contributed by atoms with Crippen molar-refractivity contribution < 1.29 is 0 Å². The van der Waals surface area contributed by atoms with Crippen molar-refractivity contribution in [1.29, 1.82) is 0 Å². The summed E-state index contributed by atoms with van der Waals surface area (Å²) in [5, 5.41) is 0. The Morgan fingerprint density at radius 2 is 1.90 bits per heavy atom. The van der Waals surface area contributed by atoms with Gasteiger partial charge in [-0.25, -0.2) is 0 Å². The zero-order chi connectivity index (χ0) is 13.9. The van der Waals surface area contributed by atoms with Crippen molar-refractivity contribution in [3.8, 4) is 0 Å². The first-order chi connectivity index (χ1) is 9.78. The molecule has 0 saturated carbocycles. The molecule has 0 fully saturated rings. The summed E-state index contributed by atoms with van der Waals surface area (Å²) in [6.45, 7) is 2.76. The third kappa shape index (κ3) is 2.74. The van der Waals surface area contributed by atoms with Crippen LogP contribution in [0.5, 0.6) is 0 Å². The zero-order valence-electron chi connectivity index (χ0n) is 11.5. The monoisotopic (exact) mass is 330 g/mol. The van der Waals surface area contributed by atoms with E-state index in [-0.39, 0.29) is 0 Å². The molecule has 20 heavy (non-hydrogen) atoms. The molecule has 2 aromatic carbocycles. The van der Waals surface area contributed by atoms with Gasteiger partial charge >= 0.3 is 0 Å². The Kier molecular flexibility index (Phi) is 4.08. The van der Waals surface area contributed by atoms with Crippen molar-refractivity contribution in [2.75, 3.05) is 18.0 Å². The second-order valence-corrected chi connectivity index (χ2v) is 6.17. The van der Waals surface area contributed by atoms with E-state index in [0.29, 0.717) is 6.54 Å². The summed E-state index contributed by atoms with van der Waals surface area (Å²) in [6.07, 6.45) is 2.05. The molecule has 0 saturated heterocycles. The minimum atomic E-state index is 0.694. The van der Waals surface area contributed by atoms with Crippen LogP contribution in [0.25, 0.3) is 0 Å². The minimum absolute atomic E-state index is 0.694. The van der Waals surface area contributed by atoms with E-state index in [1.165, 1.54) is 22.4 Å². The molecule has 0 radical (unpaired) electrons. The molecule has 0 aromatic heterocycles. The summed E-state index contributed by atoms with van der Waals surface area (Å²) < 4.78 is 1.13. The fourth-order valence-corrected chi connectivity index (χ4v) is 3.25. The lowest BCUT2D eigenvalue weighted by molar-refractivity contribution is 0.726. The van der Waals surface area contributed by atoms with Crippen molar-refractivity contribution in [1.82, 2.24) is 0 Å². The van der Waals surface area contributed by atoms with Gasteiger partial charge in [0.15, 0.2) is 0 Å². The summed E-state index contributed by atoms with van der Waals surface area (Å²) in [6, 6.07) is 15.3. The van der Waals surface area contributed by atoms with E-state index < -0.39 is 0 Å². The minimum Gasteiger partial charge on any atom is -0.367 e. The molecule has 1 aliphatic rings. The second-order valence-electron chi connectivity index (χ2n) is 5.25. The van der Waals surface area contributed by atoms with Gasteiger partial charge in [0.05, 0.1) is 0 Å². The van der Waals surface area contributed by atoms with Crippen LogP contribution in [-0.2, 0) is 19.4 Å². The molecule has 2 N–H and O–H groups in total. The number of benzene rings is 2. The largest absolute Gasteiger partial charge is 0.367 e. The number of rotatable bonds is 3. The van der Waals surface area contributed by atoms with Crippen LogP contribution in [0.15, 0.2) is 46.9 Å². The van der Waals surface area contributed by atoms with Gasteiger partial charge in [0, 0.05) is 23.2 Å². The first-order valence-electron chi connectivity index (χ1n) is 7.08. The van der Waals surface area contributed by atoms with Crippen molar-refractivity contribution in [2.45, 2.75) is 19.4 Å². The number of halogens is 1. The van der Waals surface area contributed by atoms with Gasteiger partial charge in [0.25, 0.3) is 0 Å². The second kappa shape index (κ2) is 5.98. The number of nitrogens with two attached hydrogens (primary N) is 1. The lowest BCUT2D eigenvalue weighted by Crippen LogP contribution is -2.31. The molecule has 2 aromatic rings. The molecule has 2 nitrogen and oxygen atoms in total. The zero-order valence-corrected chi connectivity index (χ0v) is 13.1. The van der Waals surface area contributed by atoms with Gasteiger partial charge in [0.2, 0.25) is 0 Å². The fourth-order valence-electron chi connectivity index (χ4n) is 2.90. The average Bonchev–Trinajstić information content (AvgIpc) is 2.49. The Morgan fingerprint density at radius 3 is 2.70 bits per heavy atom. The Labute approximate surface area is 128 Å². The summed E-state index contributed by atoms with van der Waals surface area (Å²) in [5.74, 6) is 0. The van der Waals surface area contributed by atoms with Gasteiger partial charge in [-0.15, -0.1) is 0 Å². The van der Waals surface area contributed by atoms with Gasteiger partial charge in [-0.2, -0.15) is 0 Å². The Balaban J connectivity index is 1.92. The van der Waals surface area contributed by atoms with Crippen LogP contribution in [0.1, 0.15) is 16.7 Å². The normalized spacial score (nSPS) is 14.2. The summed E-state index contributed by atoms with van der Waals surface area (Å²) in [5.41, 5.74) is 11.3. The highest BCUT2D eigenvalue weighted by Crippen LogP contribution is 2.30. The Bertz CT molecular complexity index is 610. The Hall–Kier alpha value is -1.32. The van der Waals surface area contributed by atoms with Crippen molar-refractivity contribution >= 4 is 21.6 Å². The van der Waals surface area contributed by atoms with Gasteiger partial charge in [-0.05, 0) is 48.2 Å². The van der Waals surface area contributed by atoms with Crippen LogP contribution in [-0.4, -0.2) is 13.1 Å². The van der Waals surface area contributed by atoms with Crippen molar-refractivity contribution in [3.63, 3.8) is 0 Å². The van der Waals surface area contributed by atoms with E-state index in [1.807, 2.05) is 0 Å². The molecule has 0 aliphatic carbocycles. The van der Waals surface area contributed by atoms with Gasteiger partial charge in [-0.3, -0.25) is 0 Å². The number of hydrogen-bond acceptors (Lipinski definition) is 2. The number of anilines is 1. The fraction of sp³-hybridized carbons (Fsp3) is 0.294. The van der Waals surface area contributed by atoms with Gasteiger partial charge in [0.1, 0.15) is 0 Å². The van der Waals surface area contributed by atoms with Crippen LogP contribution in [0, 0.1) is 0 Å². The van der Waals surface area contributed by atoms with Crippen LogP contribution in [0.4, 0.5) is 5.69 Å². The maximum atomic E-state index is 5.74. The molecule has 0 atom stereocenters. The van der Waals surface area contributed by atoms with E-state index in [0.717, 1.165) is 30.4 Å². The molecule has 0 amide bonds. The quantitative estimate of drug-likeness (QED) is 0.933. The predicted octanol–water partition coefficient (Wildman–Crippen LogP) is 3.51. The first-order valence-corrected chi connectivity index (χ1v) is 7.87. The highest BCUT2D eigenvalue weighted by molar-refractivity contribution is 9.10. The molecule has 0 bridgehead atoms. The van der Waals surface area contributed by atoms with Crippen LogP contribution in [0.3, 0.4) is 0 Å². The number of nitrogens with zero attached hydrogens (tertiary/aromatic N) is 1. The van der Waals surface area contributed by atoms with Crippen LogP contribution in [0.2, 0.25) is 0 Å². The maximum absolute atomic E-state index is 5.74. The summed E-state index contributed by atoms with van der Waals surface area (Å²) in [4.78, 5) is 2.47. The highest BCUT2D eigenvalue weighted by Gasteiger charge is 2.18. The highest BCUT2D eigenvalue weighted by atomic mass is 79.9. The lowest BCUT2D eigenvalue weighted by Gasteiger charge is -2.32. The molecule has 1 aliphatic heterocycles. The van der Waals surface area contributed by atoms with E-state index >= 15 is 0 Å². The molecule has 3 heteroatoms. The molecule has 1 heterocycles. The number of fused-ring (bicyclic) bond motifs is 1. The topological polar surface area (TPSA) is 29.3 Å². The van der Waals surface area contributed by atoms with Crippen molar-refractivity contribution in [3.05, 3.63) is 63.6 Å². The number of hydrogen-bond donors (Lipinski definition) is 1. The third-order valence-electron chi connectivity index (χ3n) is 3.93. The van der Waals surface area contributed by atoms with E-state index in [2.05, 4.69) is 63.3 Å². The molecular weight excluding hydrogens is 312 g/mol. The van der Waals surface area contributed by atoms with Gasteiger partial charge in [-0.1, -0.05) is 46.3 Å². The summed E-state index contributed by atoms with van der Waals surface area (Å²) >= 11 is 3.59. The van der Waals surface area contributed by atoms with Gasteiger partial charge < -0.3 is 10.6 Å². The lowest BCUT2D eigenvalue weighted by atomic mass is 9.98. The molecule has 3 rings (SSSR count). The molecule has 104 valence electrons. The van der Waals surface area contributed by atoms with E-state index in [4.69, 9.17) is 5.73 Å². The average molecular weight is 331 g/mol. The molecular formula is C17H19BrN2. The first kappa shape index (κ1) is 13.7. The maximum Gasteiger partial charge on any atom is 0.0432 e. The smallest absolute Gasteiger partial charge is 0.0432 e. The van der Waals surface area contributed by atoms with Crippen molar-refractivity contribution in [2.24, 2.45) is 5.73 Å². The van der Waals surface area contributed by atoms with E-state index in [9.17, 15) is 0 Å². The summed E-state index contributed by atoms with van der Waals surface area (Å²) in [7, 11) is 0. The van der Waals surface area contributed by atoms with Crippen LogP contribution < -0.4 is 10.6 Å². The predicted molar refractivity (Wildman–Crippen MR) is 88.1 cm³/mol. The van der Waals surface area contributed by atoms with E-state index in [1.54, 1.807) is 0 Å². The van der Waals surface area contributed by atoms with Crippen LogP contribution >= 0.6 is 15.9 Å².